The fourth-order valence-electron chi connectivity index (χ4n) is 2.91. The standard InChI is InChI=1S/C19H11ClF3N5O.C2HF3O2/c20-13-9-11(19(21,22)23)4-5-12(13)17-27-16(14-3-1-2-8-28(14)17)18(29)26-15-6-7-24-10-25-15;3-2(4,5)1(6)7/h1-10H,(H,24,25,26,29);(H,6,7)/p+1. The molecular weight excluding hydrogens is 520 g/mol. The highest BCUT2D eigenvalue weighted by Gasteiger charge is 2.33. The van der Waals surface area contributed by atoms with E-state index in [4.69, 9.17) is 21.5 Å². The van der Waals surface area contributed by atoms with Crippen LogP contribution < -0.4 is 19.8 Å². The van der Waals surface area contributed by atoms with Gasteiger partial charge in [-0.2, -0.15) is 30.7 Å². The summed E-state index contributed by atoms with van der Waals surface area (Å²) in [6.07, 6.45) is -4.98. The number of pyridine rings is 1. The quantitative estimate of drug-likeness (QED) is 0.312. The lowest BCUT2D eigenvalue weighted by molar-refractivity contribution is -0.498. The Hall–Kier alpha value is -4.20. The largest absolute Gasteiger partial charge is 0.542 e. The Morgan fingerprint density at radius 3 is 2.33 bits per heavy atom. The zero-order valence-electron chi connectivity index (χ0n) is 17.5. The predicted octanol–water partition coefficient (Wildman–Crippen LogP) is 2.85. The summed E-state index contributed by atoms with van der Waals surface area (Å²) in [5.41, 5.74) is 0.217. The SMILES string of the molecule is O=C(Nc1cc[nH+]cn1)c1[nH]c(-c2ccc(C(F)(F)F)cc2Cl)[n+]2ccccc12.O=C([O-])C(F)(F)F. The van der Waals surface area contributed by atoms with Crippen molar-refractivity contribution in [2.45, 2.75) is 12.4 Å². The molecule has 0 atom stereocenters. The van der Waals surface area contributed by atoms with E-state index < -0.39 is 29.8 Å². The number of benzene rings is 1. The van der Waals surface area contributed by atoms with Crippen molar-refractivity contribution in [3.63, 3.8) is 0 Å². The third-order valence-corrected chi connectivity index (χ3v) is 4.78. The summed E-state index contributed by atoms with van der Waals surface area (Å²) in [5.74, 6) is -2.75. The van der Waals surface area contributed by atoms with Crippen LogP contribution >= 0.6 is 11.6 Å². The molecule has 0 aliphatic heterocycles. The summed E-state index contributed by atoms with van der Waals surface area (Å²) in [6, 6.07) is 9.85. The minimum Gasteiger partial charge on any atom is -0.542 e. The smallest absolute Gasteiger partial charge is 0.430 e. The van der Waals surface area contributed by atoms with E-state index in [1.807, 2.05) is 0 Å². The van der Waals surface area contributed by atoms with Crippen LogP contribution in [-0.4, -0.2) is 28.0 Å². The Morgan fingerprint density at radius 2 is 1.78 bits per heavy atom. The molecule has 36 heavy (non-hydrogen) atoms. The van der Waals surface area contributed by atoms with Gasteiger partial charge < -0.3 is 9.90 Å². The maximum atomic E-state index is 12.9. The van der Waals surface area contributed by atoms with E-state index in [0.717, 1.165) is 12.1 Å². The van der Waals surface area contributed by atoms with E-state index >= 15 is 0 Å². The summed E-state index contributed by atoms with van der Waals surface area (Å²) >= 11 is 6.14. The average molecular weight is 533 g/mol. The number of amides is 1. The van der Waals surface area contributed by atoms with Crippen LogP contribution in [0.5, 0.6) is 0 Å². The van der Waals surface area contributed by atoms with Crippen LogP contribution in [0.2, 0.25) is 5.02 Å². The molecule has 1 aromatic carbocycles. The molecule has 15 heteroatoms. The van der Waals surface area contributed by atoms with Gasteiger partial charge in [0, 0.05) is 6.07 Å². The molecule has 3 N–H and O–H groups in total. The van der Waals surface area contributed by atoms with Crippen LogP contribution in [0.15, 0.2) is 61.2 Å². The van der Waals surface area contributed by atoms with Crippen molar-refractivity contribution < 1.29 is 50.4 Å². The van der Waals surface area contributed by atoms with Gasteiger partial charge >= 0.3 is 18.3 Å². The lowest BCUT2D eigenvalue weighted by Gasteiger charge is -2.07. The first-order valence-corrected chi connectivity index (χ1v) is 9.98. The monoisotopic (exact) mass is 532 g/mol. The number of nitrogens with zero attached hydrogens (tertiary/aromatic N) is 2. The number of hydrogen-bond donors (Lipinski definition) is 2. The van der Waals surface area contributed by atoms with Crippen LogP contribution in [0.4, 0.5) is 32.2 Å². The number of imidazole rings is 1. The van der Waals surface area contributed by atoms with E-state index in [9.17, 15) is 31.1 Å². The second-order valence-electron chi connectivity index (χ2n) is 6.88. The normalized spacial score (nSPS) is 11.5. The van der Waals surface area contributed by atoms with Crippen LogP contribution in [0, 0.1) is 0 Å². The molecular formula is C21H13ClF6N5O3+. The Bertz CT molecular complexity index is 1410. The number of rotatable bonds is 3. The number of hydrogen-bond acceptors (Lipinski definition) is 4. The number of fused-ring (bicyclic) bond motifs is 1. The lowest BCUT2D eigenvalue weighted by Crippen LogP contribution is -2.37. The van der Waals surface area contributed by atoms with E-state index in [1.54, 1.807) is 41.1 Å². The number of halogens is 7. The van der Waals surface area contributed by atoms with Gasteiger partial charge in [-0.3, -0.25) is 15.1 Å². The molecule has 188 valence electrons. The number of carboxylic acids is 1. The van der Waals surface area contributed by atoms with E-state index in [1.165, 1.54) is 12.4 Å². The molecule has 0 saturated heterocycles. The van der Waals surface area contributed by atoms with E-state index in [2.05, 4.69) is 20.3 Å². The molecule has 8 nitrogen and oxygen atoms in total. The number of carbonyl (C=O) groups is 2. The number of alkyl halides is 6. The predicted molar refractivity (Wildman–Crippen MR) is 109 cm³/mol. The molecule has 3 aromatic heterocycles. The van der Waals surface area contributed by atoms with E-state index in [0.29, 0.717) is 22.7 Å². The molecule has 4 rings (SSSR count). The molecule has 4 aromatic rings. The first-order valence-electron chi connectivity index (χ1n) is 9.60. The zero-order chi connectivity index (χ0) is 26.7. The summed E-state index contributed by atoms with van der Waals surface area (Å²) in [5, 5.41) is 11.4. The number of carboxylic acid groups (broad SMARTS) is 1. The van der Waals surface area contributed by atoms with Crippen LogP contribution in [0.25, 0.3) is 16.9 Å². The highest BCUT2D eigenvalue weighted by molar-refractivity contribution is 6.33. The second kappa shape index (κ2) is 10.2. The van der Waals surface area contributed by atoms with Crippen molar-refractivity contribution in [2.24, 2.45) is 0 Å². The van der Waals surface area contributed by atoms with Crippen molar-refractivity contribution >= 4 is 34.8 Å². The summed E-state index contributed by atoms with van der Waals surface area (Å²) in [7, 11) is 0. The van der Waals surface area contributed by atoms with Crippen molar-refractivity contribution in [3.05, 3.63) is 77.5 Å². The number of aromatic amines is 2. The van der Waals surface area contributed by atoms with Gasteiger partial charge in [0.05, 0.1) is 28.5 Å². The molecule has 0 aliphatic carbocycles. The molecule has 0 spiro atoms. The molecule has 0 saturated carbocycles. The summed E-state index contributed by atoms with van der Waals surface area (Å²) < 4.78 is 72.0. The highest BCUT2D eigenvalue weighted by Crippen LogP contribution is 2.34. The Morgan fingerprint density at radius 1 is 1.08 bits per heavy atom. The second-order valence-corrected chi connectivity index (χ2v) is 7.29. The van der Waals surface area contributed by atoms with Gasteiger partial charge in [-0.1, -0.05) is 17.7 Å². The lowest BCUT2D eigenvalue weighted by atomic mass is 10.1. The first kappa shape index (κ1) is 26.4. The van der Waals surface area contributed by atoms with Gasteiger partial charge in [0.15, 0.2) is 5.52 Å². The molecule has 3 heterocycles. The van der Waals surface area contributed by atoms with Gasteiger partial charge in [0.25, 0.3) is 18.0 Å². The minimum atomic E-state index is -5.19. The van der Waals surface area contributed by atoms with Crippen molar-refractivity contribution in [1.82, 2.24) is 9.97 Å². The van der Waals surface area contributed by atoms with Gasteiger partial charge in [0.2, 0.25) is 5.69 Å². The minimum absolute atomic E-state index is 0.0912. The molecule has 0 aliphatic rings. The zero-order valence-corrected chi connectivity index (χ0v) is 18.3. The number of carbonyl (C=O) groups excluding carboxylic acids is 2. The number of aliphatic carboxylic acids is 1. The van der Waals surface area contributed by atoms with Crippen molar-refractivity contribution in [2.75, 3.05) is 5.32 Å². The fourth-order valence-corrected chi connectivity index (χ4v) is 3.18. The van der Waals surface area contributed by atoms with Crippen molar-refractivity contribution in [1.29, 1.82) is 0 Å². The maximum Gasteiger partial charge on any atom is 0.430 e. The third-order valence-electron chi connectivity index (χ3n) is 4.47. The van der Waals surface area contributed by atoms with Gasteiger partial charge in [-0.15, -0.1) is 0 Å². The van der Waals surface area contributed by atoms with Crippen molar-refractivity contribution in [3.8, 4) is 11.4 Å². The van der Waals surface area contributed by atoms with Gasteiger partial charge in [-0.05, 0) is 35.3 Å². The van der Waals surface area contributed by atoms with E-state index in [-0.39, 0.29) is 10.7 Å². The van der Waals surface area contributed by atoms with Crippen LogP contribution in [-0.2, 0) is 11.0 Å². The molecule has 0 unspecified atom stereocenters. The topological polar surface area (TPSA) is 116 Å². The number of aromatic nitrogens is 4. The van der Waals surface area contributed by atoms with Crippen LogP contribution in [0.3, 0.4) is 0 Å². The van der Waals surface area contributed by atoms with Crippen LogP contribution in [0.1, 0.15) is 16.1 Å². The van der Waals surface area contributed by atoms with Gasteiger partial charge in [0.1, 0.15) is 5.97 Å². The fraction of sp³-hybridized carbons (Fsp3) is 0.0952. The highest BCUT2D eigenvalue weighted by atomic mass is 35.5. The number of H-pyrrole nitrogens is 2. The Labute approximate surface area is 202 Å². The molecule has 1 amide bonds. The average Bonchev–Trinajstić information content (AvgIpc) is 3.18. The molecule has 0 bridgehead atoms. The maximum absolute atomic E-state index is 12.9. The first-order chi connectivity index (χ1) is 16.8. The number of anilines is 1. The number of nitrogens with one attached hydrogen (secondary N) is 3. The Balaban J connectivity index is 0.000000454. The Kier molecular flexibility index (Phi) is 7.48. The molecule has 0 fully saturated rings. The van der Waals surface area contributed by atoms with Gasteiger partial charge in [-0.25, -0.2) is 4.98 Å². The molecule has 0 radical (unpaired) electrons. The third kappa shape index (κ3) is 6.07. The summed E-state index contributed by atoms with van der Waals surface area (Å²) in [6.45, 7) is 0. The summed E-state index contributed by atoms with van der Waals surface area (Å²) in [4.78, 5) is 31.3.